The topological polar surface area (TPSA) is 332 Å². The minimum atomic E-state index is -1.66. The number of hydrogen-bond donors (Lipinski definition) is 4. The summed E-state index contributed by atoms with van der Waals surface area (Å²) in [5.74, 6) is -11.2. The average Bonchev–Trinajstić information content (AvgIpc) is 3.31. The van der Waals surface area contributed by atoms with Crippen LogP contribution in [0.1, 0.15) is 72.4 Å². The molecule has 5 aromatic carbocycles. The first-order chi connectivity index (χ1) is 33.9. The van der Waals surface area contributed by atoms with E-state index in [0.29, 0.717) is 6.42 Å². The van der Waals surface area contributed by atoms with Gasteiger partial charge < -0.3 is 49.3 Å². The van der Waals surface area contributed by atoms with E-state index in [-0.39, 0.29) is 27.6 Å². The first-order valence-electron chi connectivity index (χ1n) is 22.2. The zero-order valence-corrected chi connectivity index (χ0v) is 39.5. The molecule has 1 aromatic heterocycles. The number of piperazine rings is 1. The molecule has 374 valence electrons. The van der Waals surface area contributed by atoms with Crippen molar-refractivity contribution < 1.29 is 67.5 Å². The van der Waals surface area contributed by atoms with Gasteiger partial charge in [0.2, 0.25) is 34.0 Å². The molecule has 0 spiro atoms. The first-order valence-corrected chi connectivity index (χ1v) is 22.2. The van der Waals surface area contributed by atoms with Crippen molar-refractivity contribution in [1.29, 1.82) is 0 Å². The number of carboxylic acids is 2. The number of esters is 3. The molecule has 4 atom stereocenters. The Kier molecular flexibility index (Phi) is 13.8. The Hall–Kier alpha value is -8.89. The molecule has 72 heavy (non-hydrogen) atoms. The van der Waals surface area contributed by atoms with Gasteiger partial charge in [-0.3, -0.25) is 57.5 Å². The number of nitrogens with zero attached hydrogens (tertiary/aromatic N) is 2. The minimum absolute atomic E-state index is 0.113. The highest BCUT2D eigenvalue weighted by molar-refractivity contribution is 6.24. The lowest BCUT2D eigenvalue weighted by Crippen LogP contribution is -2.65. The number of hydrogen-bond acceptors (Lipinski definition) is 17. The molecule has 0 saturated carbocycles. The summed E-state index contributed by atoms with van der Waals surface area (Å²) in [6, 6.07) is 1.49. The molecule has 4 N–H and O–H groups in total. The van der Waals surface area contributed by atoms with Crippen molar-refractivity contribution in [3.8, 4) is 23.0 Å². The van der Waals surface area contributed by atoms with Crippen LogP contribution < -0.4 is 56.9 Å². The SMILES string of the molecule is CCC(C)c1cc2c(=O)c3ccc4c(OC)c5c(=O)c6c(OC(C)=O)ccc(OC(C)=O)c6c(=O)c5c(OC(C)=O)c4c3c(=O)c2c(=O)n1CC(=O)N1CC(C(=O)N[C@@H](CCC(=O)O)C(=O)O)NC(=O)C1C. The Morgan fingerprint density at radius 1 is 0.722 bits per heavy atom. The fourth-order valence-corrected chi connectivity index (χ4v) is 9.01. The van der Waals surface area contributed by atoms with Crippen molar-refractivity contribution >= 4 is 101 Å². The summed E-state index contributed by atoms with van der Waals surface area (Å²) < 4.78 is 22.9. The number of carbonyl (C=O) groups is 8. The molecule has 2 heterocycles. The molecule has 1 fully saturated rings. The summed E-state index contributed by atoms with van der Waals surface area (Å²) in [4.78, 5) is 177. The highest BCUT2D eigenvalue weighted by atomic mass is 16.5. The second-order valence-electron chi connectivity index (χ2n) is 17.1. The lowest BCUT2D eigenvalue weighted by molar-refractivity contribution is -0.148. The van der Waals surface area contributed by atoms with Crippen molar-refractivity contribution in [2.24, 2.45) is 0 Å². The Morgan fingerprint density at radius 3 is 1.81 bits per heavy atom. The van der Waals surface area contributed by atoms with Crippen LogP contribution in [0.15, 0.2) is 54.3 Å². The van der Waals surface area contributed by atoms with Gasteiger partial charge in [0.15, 0.2) is 11.2 Å². The molecule has 6 aromatic rings. The standard InChI is InChI=1S/C49H44N4O19/c1-8-18(2)28-15-25-35(48(66)53(28)17-31(57)52-16-27(51-46(64)19(52)3)47(65)50-26(49(67)68)11-14-32(58)59)41(61)33-23(40(25)60)9-10-24-34(33)45(72-22(6)56)39-38(44(24)69-7)42(62)36-29(70-20(4)54)12-13-30(71-21(5)55)37(36)43(39)63/h9-10,12-13,15,18-19,26-27H,8,11,14,16-17H2,1-7H3,(H,50,65)(H,51,64)(H,58,59)(H,67,68)/t18?,19?,26-,27?/m0/s1. The van der Waals surface area contributed by atoms with Gasteiger partial charge in [0.1, 0.15) is 41.9 Å². The Labute approximate surface area is 403 Å². The third-order valence-corrected chi connectivity index (χ3v) is 12.5. The Balaban J connectivity index is 1.50. The van der Waals surface area contributed by atoms with Gasteiger partial charge in [-0.1, -0.05) is 13.8 Å². The van der Waals surface area contributed by atoms with Crippen molar-refractivity contribution in [1.82, 2.24) is 20.1 Å². The maximum absolute atomic E-state index is 15.2. The van der Waals surface area contributed by atoms with Gasteiger partial charge in [0.05, 0.1) is 40.6 Å². The molecule has 0 radical (unpaired) electrons. The number of carbonyl (C=O) groups excluding carboxylic acids is 6. The van der Waals surface area contributed by atoms with Crippen molar-refractivity contribution in [3.63, 3.8) is 0 Å². The van der Waals surface area contributed by atoms with Gasteiger partial charge in [0.25, 0.3) is 5.56 Å². The number of aromatic nitrogens is 1. The fraction of sp³-hybridized carbons (Fsp3) is 0.327. The van der Waals surface area contributed by atoms with Gasteiger partial charge in [-0.15, -0.1) is 0 Å². The molecule has 1 aliphatic rings. The number of rotatable bonds is 14. The molecular weight excluding hydrogens is 949 g/mol. The van der Waals surface area contributed by atoms with Crippen LogP contribution in [-0.4, -0.2) is 99.0 Å². The molecule has 0 aliphatic carbocycles. The van der Waals surface area contributed by atoms with E-state index in [1.807, 2.05) is 0 Å². The molecule has 23 heteroatoms. The molecule has 23 nitrogen and oxygen atoms in total. The van der Waals surface area contributed by atoms with Crippen molar-refractivity contribution in [2.45, 2.75) is 91.4 Å². The van der Waals surface area contributed by atoms with Crippen LogP contribution in [0.4, 0.5) is 0 Å². The van der Waals surface area contributed by atoms with E-state index in [1.54, 1.807) is 13.8 Å². The molecule has 3 unspecified atom stereocenters. The smallest absolute Gasteiger partial charge is 0.326 e. The van der Waals surface area contributed by atoms with Crippen LogP contribution in [-0.2, 0) is 44.9 Å². The number of pyridine rings is 1. The predicted molar refractivity (Wildman–Crippen MR) is 254 cm³/mol. The number of amides is 3. The lowest BCUT2D eigenvalue weighted by atomic mass is 9.91. The van der Waals surface area contributed by atoms with Gasteiger partial charge in [-0.05, 0) is 56.0 Å². The molecule has 0 bridgehead atoms. The second kappa shape index (κ2) is 19.5. The number of carboxylic acid groups (broad SMARTS) is 2. The Bertz CT molecular complexity index is 3720. The van der Waals surface area contributed by atoms with Gasteiger partial charge in [0, 0.05) is 59.8 Å². The number of ether oxygens (including phenoxy) is 4. The summed E-state index contributed by atoms with van der Waals surface area (Å²) >= 11 is 0. The number of methoxy groups -OCH3 is 1. The first kappa shape index (κ1) is 51.0. The van der Waals surface area contributed by atoms with Crippen LogP contribution in [0.2, 0.25) is 0 Å². The summed E-state index contributed by atoms with van der Waals surface area (Å²) in [7, 11) is 1.11. The molecule has 7 rings (SSSR count). The van der Waals surface area contributed by atoms with Crippen LogP contribution in [0.5, 0.6) is 23.0 Å². The molecule has 3 amide bonds. The van der Waals surface area contributed by atoms with Crippen LogP contribution in [0.3, 0.4) is 0 Å². The number of aliphatic carboxylic acids is 2. The van der Waals surface area contributed by atoms with E-state index in [0.717, 1.165) is 49.5 Å². The average molecular weight is 993 g/mol. The van der Waals surface area contributed by atoms with E-state index >= 15 is 4.79 Å². The normalized spacial score (nSPS) is 15.5. The molecule has 1 saturated heterocycles. The predicted octanol–water partition coefficient (Wildman–Crippen LogP) is 1.38. The van der Waals surface area contributed by atoms with Crippen LogP contribution in [0.25, 0.3) is 53.9 Å². The highest BCUT2D eigenvalue weighted by Crippen LogP contribution is 2.45. The van der Waals surface area contributed by atoms with Gasteiger partial charge in [-0.25, -0.2) is 4.79 Å². The zero-order chi connectivity index (χ0) is 52.9. The van der Waals surface area contributed by atoms with Gasteiger partial charge in [-0.2, -0.15) is 0 Å². The fourth-order valence-electron chi connectivity index (χ4n) is 9.01. The van der Waals surface area contributed by atoms with Crippen molar-refractivity contribution in [3.05, 3.63) is 87.3 Å². The highest BCUT2D eigenvalue weighted by Gasteiger charge is 2.39. The third-order valence-electron chi connectivity index (χ3n) is 12.5. The minimum Gasteiger partial charge on any atom is -0.495 e. The zero-order valence-electron chi connectivity index (χ0n) is 39.5. The van der Waals surface area contributed by atoms with E-state index in [2.05, 4.69) is 10.6 Å². The maximum atomic E-state index is 15.2. The van der Waals surface area contributed by atoms with Gasteiger partial charge >= 0.3 is 29.8 Å². The number of nitrogens with one attached hydrogen (secondary N) is 2. The summed E-state index contributed by atoms with van der Waals surface area (Å²) in [6.07, 6.45) is -0.774. The molecular formula is C49H44N4O19. The monoisotopic (exact) mass is 992 g/mol. The third kappa shape index (κ3) is 8.83. The lowest BCUT2D eigenvalue weighted by Gasteiger charge is -2.37. The van der Waals surface area contributed by atoms with Crippen LogP contribution in [0, 0.1) is 0 Å². The number of fused-ring (bicyclic) bond motifs is 6. The number of benzene rings is 5. The second-order valence-corrected chi connectivity index (χ2v) is 17.1. The van der Waals surface area contributed by atoms with E-state index in [9.17, 15) is 62.6 Å². The summed E-state index contributed by atoms with van der Waals surface area (Å²) in [5, 5.41) is 18.2. The van der Waals surface area contributed by atoms with Crippen molar-refractivity contribution in [2.75, 3.05) is 13.7 Å². The summed E-state index contributed by atoms with van der Waals surface area (Å²) in [5.41, 5.74) is -5.28. The van der Waals surface area contributed by atoms with Crippen LogP contribution >= 0.6 is 0 Å². The maximum Gasteiger partial charge on any atom is 0.326 e. The quantitative estimate of drug-likeness (QED) is 0.0518. The van der Waals surface area contributed by atoms with E-state index in [1.165, 1.54) is 25.1 Å². The van der Waals surface area contributed by atoms with E-state index < -0.39 is 180 Å². The largest absolute Gasteiger partial charge is 0.495 e. The molecule has 1 aliphatic heterocycles. The summed E-state index contributed by atoms with van der Waals surface area (Å²) in [6.45, 7) is 6.33. The van der Waals surface area contributed by atoms with E-state index in [4.69, 9.17) is 24.1 Å². The Morgan fingerprint density at radius 2 is 1.28 bits per heavy atom.